The van der Waals surface area contributed by atoms with Gasteiger partial charge < -0.3 is 24.8 Å². The van der Waals surface area contributed by atoms with Crippen molar-refractivity contribution in [3.8, 4) is 17.2 Å². The van der Waals surface area contributed by atoms with Crippen LogP contribution in [-0.2, 0) is 4.79 Å². The van der Waals surface area contributed by atoms with Crippen molar-refractivity contribution in [2.45, 2.75) is 13.0 Å². The average Bonchev–Trinajstić information content (AvgIpc) is 2.61. The van der Waals surface area contributed by atoms with Crippen molar-refractivity contribution in [3.05, 3.63) is 41.4 Å². The molecule has 25 heavy (non-hydrogen) atoms. The molecule has 3 rings (SSSR count). The van der Waals surface area contributed by atoms with Crippen LogP contribution in [0.3, 0.4) is 0 Å². The smallest absolute Gasteiger partial charge is 0.246 e. The summed E-state index contributed by atoms with van der Waals surface area (Å²) in [6.07, 6.45) is 0. The van der Waals surface area contributed by atoms with Gasteiger partial charge in [-0.1, -0.05) is 11.6 Å². The molecule has 0 saturated heterocycles. The van der Waals surface area contributed by atoms with Gasteiger partial charge in [0.15, 0.2) is 11.5 Å². The van der Waals surface area contributed by atoms with Gasteiger partial charge in [-0.05, 0) is 37.3 Å². The fraction of sp³-hybridized carbons (Fsp3) is 0.278. The van der Waals surface area contributed by atoms with E-state index in [9.17, 15) is 4.79 Å². The van der Waals surface area contributed by atoms with Crippen LogP contribution >= 0.6 is 11.6 Å². The molecule has 6 nitrogen and oxygen atoms in total. The summed E-state index contributed by atoms with van der Waals surface area (Å²) in [5.41, 5.74) is 1.29. The highest BCUT2D eigenvalue weighted by atomic mass is 35.5. The van der Waals surface area contributed by atoms with Gasteiger partial charge in [-0.25, -0.2) is 0 Å². The Morgan fingerprint density at radius 3 is 2.68 bits per heavy atom. The summed E-state index contributed by atoms with van der Waals surface area (Å²) in [6.45, 7) is 2.82. The minimum absolute atomic E-state index is 0.213. The number of methoxy groups -OCH3 is 1. The lowest BCUT2D eigenvalue weighted by atomic mass is 10.2. The van der Waals surface area contributed by atoms with Crippen molar-refractivity contribution >= 4 is 28.9 Å². The van der Waals surface area contributed by atoms with E-state index in [-0.39, 0.29) is 5.91 Å². The fourth-order valence-corrected chi connectivity index (χ4v) is 2.64. The van der Waals surface area contributed by atoms with Crippen LogP contribution in [0.5, 0.6) is 17.2 Å². The van der Waals surface area contributed by atoms with Gasteiger partial charge in [0, 0.05) is 16.8 Å². The van der Waals surface area contributed by atoms with Gasteiger partial charge in [0.2, 0.25) is 5.91 Å². The first-order valence-electron chi connectivity index (χ1n) is 7.87. The number of hydrogen-bond donors (Lipinski definition) is 2. The zero-order valence-electron chi connectivity index (χ0n) is 14.0. The Morgan fingerprint density at radius 2 is 1.92 bits per heavy atom. The molecule has 2 aromatic carbocycles. The molecule has 0 fully saturated rings. The Bertz CT molecular complexity index is 782. The number of benzene rings is 2. The van der Waals surface area contributed by atoms with Crippen LogP contribution in [0.2, 0.25) is 5.02 Å². The van der Waals surface area contributed by atoms with Crippen molar-refractivity contribution in [2.24, 2.45) is 0 Å². The van der Waals surface area contributed by atoms with Crippen LogP contribution in [0.25, 0.3) is 0 Å². The largest absolute Gasteiger partial charge is 0.495 e. The van der Waals surface area contributed by atoms with Gasteiger partial charge in [0.1, 0.15) is 25.0 Å². The topological polar surface area (TPSA) is 68.8 Å². The molecule has 0 unspecified atom stereocenters. The first kappa shape index (κ1) is 17.2. The van der Waals surface area contributed by atoms with E-state index < -0.39 is 6.04 Å². The summed E-state index contributed by atoms with van der Waals surface area (Å²) in [6, 6.07) is 10.1. The lowest BCUT2D eigenvalue weighted by Gasteiger charge is -2.21. The number of anilines is 2. The molecule has 1 heterocycles. The van der Waals surface area contributed by atoms with Gasteiger partial charge in [0.05, 0.1) is 12.8 Å². The number of halogens is 1. The fourth-order valence-electron chi connectivity index (χ4n) is 2.47. The SMILES string of the molecule is COc1ccc(Cl)cc1NC(=O)[C@@H](C)Nc1ccc2c(c1)OCCO2. The molecule has 0 spiro atoms. The minimum Gasteiger partial charge on any atom is -0.495 e. The molecule has 2 N–H and O–H groups in total. The molecule has 1 aliphatic heterocycles. The van der Waals surface area contributed by atoms with E-state index in [0.29, 0.717) is 41.2 Å². The van der Waals surface area contributed by atoms with Crippen molar-refractivity contribution in [1.82, 2.24) is 0 Å². The molecule has 0 bridgehead atoms. The van der Waals surface area contributed by atoms with Crippen LogP contribution in [0.1, 0.15) is 6.92 Å². The molecule has 0 radical (unpaired) electrons. The van der Waals surface area contributed by atoms with E-state index in [2.05, 4.69) is 10.6 Å². The number of rotatable bonds is 5. The first-order chi connectivity index (χ1) is 12.1. The van der Waals surface area contributed by atoms with Crippen molar-refractivity contribution < 1.29 is 19.0 Å². The van der Waals surface area contributed by atoms with Crippen molar-refractivity contribution in [1.29, 1.82) is 0 Å². The van der Waals surface area contributed by atoms with Gasteiger partial charge in [-0.3, -0.25) is 4.79 Å². The molecule has 0 aliphatic carbocycles. The third-order valence-electron chi connectivity index (χ3n) is 3.74. The Hall–Kier alpha value is -2.60. The summed E-state index contributed by atoms with van der Waals surface area (Å²) in [7, 11) is 1.54. The summed E-state index contributed by atoms with van der Waals surface area (Å²) in [4.78, 5) is 12.5. The van der Waals surface area contributed by atoms with Gasteiger partial charge in [-0.2, -0.15) is 0 Å². The van der Waals surface area contributed by atoms with Crippen molar-refractivity contribution in [2.75, 3.05) is 31.0 Å². The van der Waals surface area contributed by atoms with Gasteiger partial charge in [-0.15, -0.1) is 0 Å². The van der Waals surface area contributed by atoms with E-state index in [4.69, 9.17) is 25.8 Å². The second-order valence-electron chi connectivity index (χ2n) is 5.56. The highest BCUT2D eigenvalue weighted by Gasteiger charge is 2.17. The maximum Gasteiger partial charge on any atom is 0.246 e. The number of nitrogens with one attached hydrogen (secondary N) is 2. The Kier molecular flexibility index (Phi) is 5.19. The standard InChI is InChI=1S/C18H19ClN2O4/c1-11(18(22)21-14-9-12(19)3-5-15(14)23-2)20-13-4-6-16-17(10-13)25-8-7-24-16/h3-6,9-11,20H,7-8H2,1-2H3,(H,21,22)/t11-/m1/s1. The highest BCUT2D eigenvalue weighted by molar-refractivity contribution is 6.31. The molecule has 1 amide bonds. The van der Waals surface area contributed by atoms with Crippen LogP contribution in [-0.4, -0.2) is 32.3 Å². The van der Waals surface area contributed by atoms with Crippen molar-refractivity contribution in [3.63, 3.8) is 0 Å². The molecular weight excluding hydrogens is 344 g/mol. The summed E-state index contributed by atoms with van der Waals surface area (Å²) in [5.74, 6) is 1.71. The van der Waals surface area contributed by atoms with E-state index in [1.807, 2.05) is 18.2 Å². The number of hydrogen-bond acceptors (Lipinski definition) is 5. The second-order valence-corrected chi connectivity index (χ2v) is 5.99. The zero-order chi connectivity index (χ0) is 17.8. The molecule has 0 aromatic heterocycles. The van der Waals surface area contributed by atoms with Crippen LogP contribution in [0.15, 0.2) is 36.4 Å². The zero-order valence-corrected chi connectivity index (χ0v) is 14.7. The quantitative estimate of drug-likeness (QED) is 0.851. The average molecular weight is 363 g/mol. The Labute approximate surface area is 151 Å². The monoisotopic (exact) mass is 362 g/mol. The molecule has 132 valence electrons. The maximum absolute atomic E-state index is 12.5. The molecule has 0 saturated carbocycles. The number of ether oxygens (including phenoxy) is 3. The Morgan fingerprint density at radius 1 is 1.16 bits per heavy atom. The van der Waals surface area contributed by atoms with E-state index in [1.54, 1.807) is 25.1 Å². The lowest BCUT2D eigenvalue weighted by molar-refractivity contribution is -0.116. The van der Waals surface area contributed by atoms with Gasteiger partial charge in [0.25, 0.3) is 0 Å². The lowest BCUT2D eigenvalue weighted by Crippen LogP contribution is -2.32. The van der Waals surface area contributed by atoms with Crippen LogP contribution in [0.4, 0.5) is 11.4 Å². The third kappa shape index (κ3) is 4.09. The van der Waals surface area contributed by atoms with E-state index >= 15 is 0 Å². The summed E-state index contributed by atoms with van der Waals surface area (Å²) in [5, 5.41) is 6.48. The number of carbonyl (C=O) groups excluding carboxylic acids is 1. The summed E-state index contributed by atoms with van der Waals surface area (Å²) >= 11 is 5.99. The molecule has 1 aliphatic rings. The number of fused-ring (bicyclic) bond motifs is 1. The van der Waals surface area contributed by atoms with Gasteiger partial charge >= 0.3 is 0 Å². The van der Waals surface area contributed by atoms with Crippen LogP contribution < -0.4 is 24.8 Å². The number of carbonyl (C=O) groups is 1. The number of amides is 1. The predicted octanol–water partition coefficient (Wildman–Crippen LogP) is 3.56. The maximum atomic E-state index is 12.5. The molecule has 7 heteroatoms. The molecular formula is C18H19ClN2O4. The van der Waals surface area contributed by atoms with E-state index in [1.165, 1.54) is 7.11 Å². The second kappa shape index (κ2) is 7.53. The normalized spacial score (nSPS) is 13.7. The Balaban J connectivity index is 1.68. The van der Waals surface area contributed by atoms with E-state index in [0.717, 1.165) is 5.69 Å². The third-order valence-corrected chi connectivity index (χ3v) is 3.97. The highest BCUT2D eigenvalue weighted by Crippen LogP contribution is 2.33. The first-order valence-corrected chi connectivity index (χ1v) is 8.25. The molecule has 2 aromatic rings. The molecule has 1 atom stereocenters. The van der Waals surface area contributed by atoms with Crippen LogP contribution in [0, 0.1) is 0 Å². The summed E-state index contributed by atoms with van der Waals surface area (Å²) < 4.78 is 16.3. The minimum atomic E-state index is -0.480. The predicted molar refractivity (Wildman–Crippen MR) is 97.2 cm³/mol.